The Morgan fingerprint density at radius 1 is 1.53 bits per heavy atom. The third kappa shape index (κ3) is 3.02. The van der Waals surface area contributed by atoms with E-state index in [1.807, 2.05) is 18.4 Å². The van der Waals surface area contributed by atoms with Gasteiger partial charge in [0, 0.05) is 23.6 Å². The number of aryl methyl sites for hydroxylation is 1. The summed E-state index contributed by atoms with van der Waals surface area (Å²) in [5.74, 6) is -0.683. The Hall–Kier alpha value is -1.66. The van der Waals surface area contributed by atoms with Gasteiger partial charge < -0.3 is 5.32 Å². The summed E-state index contributed by atoms with van der Waals surface area (Å²) < 4.78 is 13.4. The van der Waals surface area contributed by atoms with Gasteiger partial charge in [-0.15, -0.1) is 11.3 Å². The van der Waals surface area contributed by atoms with E-state index in [1.165, 1.54) is 11.3 Å². The summed E-state index contributed by atoms with van der Waals surface area (Å²) in [5.41, 5.74) is 0.981. The molecule has 0 aliphatic rings. The Balaban J connectivity index is 2.26. The third-order valence-corrected chi connectivity index (χ3v) is 3.96. The normalized spacial score (nSPS) is 10.5. The fourth-order valence-corrected chi connectivity index (χ4v) is 2.59. The van der Waals surface area contributed by atoms with E-state index >= 15 is 0 Å². The molecular formula is C12H10ClFN2O2S. The maximum absolute atomic E-state index is 13.4. The lowest BCUT2D eigenvalue weighted by atomic mass is 10.2. The summed E-state index contributed by atoms with van der Waals surface area (Å²) in [6.07, 6.45) is 0. The lowest BCUT2D eigenvalue weighted by Crippen LogP contribution is -2.03. The van der Waals surface area contributed by atoms with Gasteiger partial charge in [-0.3, -0.25) is 10.1 Å². The summed E-state index contributed by atoms with van der Waals surface area (Å²) in [5, 5.41) is 15.5. The molecule has 100 valence electrons. The molecule has 2 aromatic rings. The lowest BCUT2D eigenvalue weighted by Gasteiger charge is -2.07. The summed E-state index contributed by atoms with van der Waals surface area (Å²) in [4.78, 5) is 11.4. The Morgan fingerprint density at radius 2 is 2.26 bits per heavy atom. The van der Waals surface area contributed by atoms with Crippen LogP contribution in [0.5, 0.6) is 0 Å². The highest BCUT2D eigenvalue weighted by molar-refractivity contribution is 7.10. The largest absolute Gasteiger partial charge is 0.374 e. The van der Waals surface area contributed by atoms with Gasteiger partial charge in [0.1, 0.15) is 11.5 Å². The monoisotopic (exact) mass is 300 g/mol. The number of benzene rings is 1. The molecule has 1 heterocycles. The van der Waals surface area contributed by atoms with Gasteiger partial charge in [-0.25, -0.2) is 4.39 Å². The molecule has 0 saturated heterocycles. The minimum atomic E-state index is -0.683. The fraction of sp³-hybridized carbons (Fsp3) is 0.167. The molecule has 0 radical (unpaired) electrons. The van der Waals surface area contributed by atoms with Gasteiger partial charge in [-0.05, 0) is 23.9 Å². The van der Waals surface area contributed by atoms with Crippen LogP contribution in [0.1, 0.15) is 10.4 Å². The van der Waals surface area contributed by atoms with Crippen LogP contribution < -0.4 is 5.32 Å². The standard InChI is InChI=1S/C12H10ClFN2O2S/c1-7-2-3-19-12(7)6-15-10-5-9(14)8(13)4-11(10)16(17)18/h2-5,15H,6H2,1H3. The molecule has 1 aromatic carbocycles. The first kappa shape index (κ1) is 13.8. The van der Waals surface area contributed by atoms with E-state index in [0.717, 1.165) is 22.6 Å². The van der Waals surface area contributed by atoms with Crippen molar-refractivity contribution in [2.45, 2.75) is 13.5 Å². The number of hydrogen-bond donors (Lipinski definition) is 1. The molecule has 7 heteroatoms. The fourth-order valence-electron chi connectivity index (χ4n) is 1.59. The van der Waals surface area contributed by atoms with E-state index in [4.69, 9.17) is 11.6 Å². The average molecular weight is 301 g/mol. The van der Waals surface area contributed by atoms with E-state index in [2.05, 4.69) is 5.32 Å². The van der Waals surface area contributed by atoms with E-state index in [0.29, 0.717) is 6.54 Å². The summed E-state index contributed by atoms with van der Waals surface area (Å²) in [6.45, 7) is 2.36. The van der Waals surface area contributed by atoms with Crippen molar-refractivity contribution in [2.24, 2.45) is 0 Å². The van der Waals surface area contributed by atoms with Gasteiger partial charge >= 0.3 is 0 Å². The van der Waals surface area contributed by atoms with Crippen LogP contribution in [0.3, 0.4) is 0 Å². The first-order chi connectivity index (χ1) is 8.99. The van der Waals surface area contributed by atoms with Crippen LogP contribution in [0.4, 0.5) is 15.8 Å². The van der Waals surface area contributed by atoms with E-state index < -0.39 is 10.7 Å². The summed E-state index contributed by atoms with van der Waals surface area (Å²) in [7, 11) is 0. The van der Waals surface area contributed by atoms with Crippen molar-refractivity contribution in [2.75, 3.05) is 5.32 Å². The average Bonchev–Trinajstić information content (AvgIpc) is 2.75. The Bertz CT molecular complexity index is 630. The van der Waals surface area contributed by atoms with Crippen molar-refractivity contribution in [1.29, 1.82) is 0 Å². The van der Waals surface area contributed by atoms with Crippen molar-refractivity contribution in [1.82, 2.24) is 0 Å². The quantitative estimate of drug-likeness (QED) is 0.674. The number of nitrogens with zero attached hydrogens (tertiary/aromatic N) is 1. The minimum Gasteiger partial charge on any atom is -0.374 e. The Kier molecular flexibility index (Phi) is 4.01. The van der Waals surface area contributed by atoms with Crippen molar-refractivity contribution in [3.8, 4) is 0 Å². The zero-order valence-corrected chi connectivity index (χ0v) is 11.5. The van der Waals surface area contributed by atoms with E-state index in [-0.39, 0.29) is 16.4 Å². The zero-order chi connectivity index (χ0) is 14.0. The van der Waals surface area contributed by atoms with Gasteiger partial charge in [0.2, 0.25) is 0 Å². The predicted octanol–water partition coefficient (Wildman–Crippen LogP) is 4.37. The van der Waals surface area contributed by atoms with Gasteiger partial charge in [-0.1, -0.05) is 11.6 Å². The predicted molar refractivity (Wildman–Crippen MR) is 74.4 cm³/mol. The first-order valence-electron chi connectivity index (χ1n) is 5.39. The van der Waals surface area contributed by atoms with Crippen LogP contribution in [0, 0.1) is 22.9 Å². The number of anilines is 1. The SMILES string of the molecule is Cc1ccsc1CNc1cc(F)c(Cl)cc1[N+](=O)[O-]. The number of halogens is 2. The van der Waals surface area contributed by atoms with Gasteiger partial charge in [0.05, 0.1) is 9.95 Å². The van der Waals surface area contributed by atoms with Crippen LogP contribution in [-0.2, 0) is 6.54 Å². The molecule has 0 amide bonds. The highest BCUT2D eigenvalue weighted by atomic mass is 35.5. The highest BCUT2D eigenvalue weighted by Crippen LogP contribution is 2.31. The maximum atomic E-state index is 13.4. The molecule has 0 bridgehead atoms. The highest BCUT2D eigenvalue weighted by Gasteiger charge is 2.17. The van der Waals surface area contributed by atoms with Crippen LogP contribution in [-0.4, -0.2) is 4.92 Å². The van der Waals surface area contributed by atoms with Crippen LogP contribution in [0.25, 0.3) is 0 Å². The first-order valence-corrected chi connectivity index (χ1v) is 6.65. The lowest BCUT2D eigenvalue weighted by molar-refractivity contribution is -0.384. The number of rotatable bonds is 4. The number of nitrogens with one attached hydrogen (secondary N) is 1. The molecule has 1 aromatic heterocycles. The van der Waals surface area contributed by atoms with Gasteiger partial charge in [0.15, 0.2) is 0 Å². The number of hydrogen-bond acceptors (Lipinski definition) is 4. The maximum Gasteiger partial charge on any atom is 0.294 e. The third-order valence-electron chi connectivity index (χ3n) is 2.64. The molecule has 19 heavy (non-hydrogen) atoms. The van der Waals surface area contributed by atoms with Gasteiger partial charge in [0.25, 0.3) is 5.69 Å². The number of thiophene rings is 1. The Labute approximate surface area is 118 Å². The second-order valence-corrected chi connectivity index (χ2v) is 5.33. The molecule has 0 aliphatic heterocycles. The second-order valence-electron chi connectivity index (χ2n) is 3.92. The van der Waals surface area contributed by atoms with Crippen LogP contribution >= 0.6 is 22.9 Å². The van der Waals surface area contributed by atoms with Crippen molar-refractivity contribution >= 4 is 34.3 Å². The molecule has 2 rings (SSSR count). The van der Waals surface area contributed by atoms with Crippen LogP contribution in [0.15, 0.2) is 23.6 Å². The van der Waals surface area contributed by atoms with E-state index in [1.54, 1.807) is 0 Å². The molecule has 0 unspecified atom stereocenters. The molecule has 0 fully saturated rings. The minimum absolute atomic E-state index is 0.125. The number of nitro benzene ring substituents is 1. The molecule has 0 spiro atoms. The molecule has 0 saturated carbocycles. The second kappa shape index (κ2) is 5.54. The number of nitro groups is 1. The van der Waals surface area contributed by atoms with Crippen molar-refractivity contribution in [3.05, 3.63) is 55.0 Å². The molecular weight excluding hydrogens is 291 g/mol. The van der Waals surface area contributed by atoms with Crippen molar-refractivity contribution in [3.63, 3.8) is 0 Å². The molecule has 0 aliphatic carbocycles. The molecule has 4 nitrogen and oxygen atoms in total. The zero-order valence-electron chi connectivity index (χ0n) is 9.94. The summed E-state index contributed by atoms with van der Waals surface area (Å²) in [6, 6.07) is 4.02. The van der Waals surface area contributed by atoms with Crippen molar-refractivity contribution < 1.29 is 9.31 Å². The van der Waals surface area contributed by atoms with Gasteiger partial charge in [-0.2, -0.15) is 0 Å². The molecule has 1 N–H and O–H groups in total. The smallest absolute Gasteiger partial charge is 0.294 e. The van der Waals surface area contributed by atoms with E-state index in [9.17, 15) is 14.5 Å². The Morgan fingerprint density at radius 3 is 2.84 bits per heavy atom. The topological polar surface area (TPSA) is 55.2 Å². The van der Waals surface area contributed by atoms with Crippen LogP contribution in [0.2, 0.25) is 5.02 Å². The summed E-state index contributed by atoms with van der Waals surface area (Å²) >= 11 is 7.09. The molecule has 0 atom stereocenters.